The zero-order valence-corrected chi connectivity index (χ0v) is 12.4. The van der Waals surface area contributed by atoms with Crippen molar-refractivity contribution < 1.29 is 14.6 Å². The molecule has 1 aromatic rings. The number of rotatable bonds is 7. The molecule has 0 heterocycles. The van der Waals surface area contributed by atoms with Gasteiger partial charge in [-0.3, -0.25) is 0 Å². The van der Waals surface area contributed by atoms with Crippen molar-refractivity contribution in [1.82, 2.24) is 5.32 Å². The minimum atomic E-state index is -1.04. The zero-order chi connectivity index (χ0) is 14.4. The molecule has 0 aliphatic rings. The minimum absolute atomic E-state index is 0.314. The van der Waals surface area contributed by atoms with Crippen molar-refractivity contribution in [2.24, 2.45) is 0 Å². The molecule has 0 radical (unpaired) electrons. The summed E-state index contributed by atoms with van der Waals surface area (Å²) < 4.78 is 5.39. The maximum atomic E-state index is 10.8. The van der Waals surface area contributed by atoms with E-state index in [2.05, 4.69) is 12.2 Å². The van der Waals surface area contributed by atoms with E-state index in [1.807, 2.05) is 0 Å². The highest BCUT2D eigenvalue weighted by molar-refractivity contribution is 6.35. The Morgan fingerprint density at radius 1 is 1.47 bits per heavy atom. The van der Waals surface area contributed by atoms with Crippen LogP contribution in [0.25, 0.3) is 0 Å². The van der Waals surface area contributed by atoms with Crippen molar-refractivity contribution in [1.29, 1.82) is 0 Å². The molecule has 0 saturated carbocycles. The van der Waals surface area contributed by atoms with Gasteiger partial charge in [-0.2, -0.15) is 0 Å². The second-order valence-electron chi connectivity index (χ2n) is 4.15. The van der Waals surface area contributed by atoms with E-state index in [4.69, 9.17) is 33.0 Å². The Bertz CT molecular complexity index is 452. The monoisotopic (exact) mass is 305 g/mol. The molecule has 19 heavy (non-hydrogen) atoms. The number of carboxylic acid groups (broad SMARTS) is 1. The Labute approximate surface area is 122 Å². The van der Waals surface area contributed by atoms with Crippen LogP contribution < -0.4 is 10.1 Å². The molecule has 6 heteroatoms. The number of hydrogen-bond acceptors (Lipinski definition) is 3. The summed E-state index contributed by atoms with van der Waals surface area (Å²) in [6, 6.07) is 3.26. The van der Waals surface area contributed by atoms with Gasteiger partial charge in [-0.15, -0.1) is 0 Å². The van der Waals surface area contributed by atoms with Crippen LogP contribution in [0.15, 0.2) is 12.1 Å². The number of nitrogens with one attached hydrogen (secondary N) is 1. The molecule has 1 atom stereocenters. The van der Waals surface area contributed by atoms with Crippen LogP contribution in [0.5, 0.6) is 5.75 Å². The first-order chi connectivity index (χ1) is 8.95. The first kappa shape index (κ1) is 16.1. The highest BCUT2D eigenvalue weighted by atomic mass is 35.5. The molecule has 0 aromatic heterocycles. The third kappa shape index (κ3) is 4.90. The molecule has 0 fully saturated rings. The lowest BCUT2D eigenvalue weighted by atomic mass is 10.2. The quantitative estimate of drug-likeness (QED) is 0.759. The van der Waals surface area contributed by atoms with Gasteiger partial charge in [0.15, 0.2) is 6.10 Å². The van der Waals surface area contributed by atoms with E-state index >= 15 is 0 Å². The summed E-state index contributed by atoms with van der Waals surface area (Å²) in [6.07, 6.45) is 0.0272. The van der Waals surface area contributed by atoms with Gasteiger partial charge in [0, 0.05) is 17.1 Å². The maximum absolute atomic E-state index is 10.8. The summed E-state index contributed by atoms with van der Waals surface area (Å²) in [7, 11) is 0. The molecule has 0 saturated heterocycles. The Balaban J connectivity index is 2.95. The molecule has 0 amide bonds. The lowest BCUT2D eigenvalue weighted by molar-refractivity contribution is -0.144. The van der Waals surface area contributed by atoms with Crippen molar-refractivity contribution in [2.45, 2.75) is 32.9 Å². The van der Waals surface area contributed by atoms with Gasteiger partial charge >= 0.3 is 5.97 Å². The fourth-order valence-corrected chi connectivity index (χ4v) is 2.08. The maximum Gasteiger partial charge on any atom is 0.344 e. The summed E-state index contributed by atoms with van der Waals surface area (Å²) in [4.78, 5) is 10.8. The second-order valence-corrected chi connectivity index (χ2v) is 4.99. The van der Waals surface area contributed by atoms with Crippen LogP contribution in [-0.2, 0) is 11.3 Å². The van der Waals surface area contributed by atoms with Gasteiger partial charge in [0.2, 0.25) is 0 Å². The molecular weight excluding hydrogens is 289 g/mol. The molecule has 1 aromatic carbocycles. The fraction of sp³-hybridized carbons (Fsp3) is 0.462. The number of carboxylic acids is 1. The van der Waals surface area contributed by atoms with Gasteiger partial charge in [0.25, 0.3) is 0 Å². The average Bonchev–Trinajstić information content (AvgIpc) is 2.33. The lowest BCUT2D eigenvalue weighted by Crippen LogP contribution is -2.24. The van der Waals surface area contributed by atoms with Gasteiger partial charge < -0.3 is 15.2 Å². The minimum Gasteiger partial charge on any atom is -0.479 e. The van der Waals surface area contributed by atoms with E-state index in [1.54, 1.807) is 6.07 Å². The number of ether oxygens (including phenoxy) is 1. The Morgan fingerprint density at radius 2 is 2.16 bits per heavy atom. The topological polar surface area (TPSA) is 58.6 Å². The molecule has 2 N–H and O–H groups in total. The summed E-state index contributed by atoms with van der Waals surface area (Å²) >= 11 is 12.0. The van der Waals surface area contributed by atoms with Crippen molar-refractivity contribution in [3.05, 3.63) is 27.7 Å². The molecule has 0 bridgehead atoms. The molecule has 1 rings (SSSR count). The molecular formula is C13H17Cl2NO3. The number of hydrogen-bond donors (Lipinski definition) is 2. The molecule has 0 spiro atoms. The van der Waals surface area contributed by atoms with Crippen molar-refractivity contribution >= 4 is 29.2 Å². The predicted molar refractivity (Wildman–Crippen MR) is 76.2 cm³/mol. The van der Waals surface area contributed by atoms with Gasteiger partial charge in [0.05, 0.1) is 5.02 Å². The lowest BCUT2D eigenvalue weighted by Gasteiger charge is -2.16. The van der Waals surface area contributed by atoms with Crippen LogP contribution in [0, 0.1) is 0 Å². The van der Waals surface area contributed by atoms with Crippen LogP contribution in [0.1, 0.15) is 25.8 Å². The largest absolute Gasteiger partial charge is 0.479 e. The van der Waals surface area contributed by atoms with Crippen LogP contribution in [0.4, 0.5) is 0 Å². The van der Waals surface area contributed by atoms with Gasteiger partial charge in [-0.25, -0.2) is 4.79 Å². The average molecular weight is 306 g/mol. The zero-order valence-electron chi connectivity index (χ0n) is 10.9. The van der Waals surface area contributed by atoms with E-state index in [0.717, 1.165) is 18.5 Å². The third-order valence-electron chi connectivity index (χ3n) is 2.47. The second kappa shape index (κ2) is 7.58. The molecule has 4 nitrogen and oxygen atoms in total. The standard InChI is InChI=1S/C13H17Cl2NO3/c1-3-4-16-7-9-5-10(14)6-11(15)12(9)19-8(2)13(17)18/h5-6,8,16H,3-4,7H2,1-2H3,(H,17,18). The van der Waals surface area contributed by atoms with Crippen molar-refractivity contribution in [3.8, 4) is 5.75 Å². The molecule has 106 valence electrons. The Kier molecular flexibility index (Phi) is 6.42. The number of carbonyl (C=O) groups is 1. The van der Waals surface area contributed by atoms with E-state index < -0.39 is 12.1 Å². The van der Waals surface area contributed by atoms with Crippen LogP contribution in [-0.4, -0.2) is 23.7 Å². The smallest absolute Gasteiger partial charge is 0.344 e. The van der Waals surface area contributed by atoms with Crippen LogP contribution >= 0.6 is 23.2 Å². The third-order valence-corrected chi connectivity index (χ3v) is 2.97. The number of benzene rings is 1. The van der Waals surface area contributed by atoms with Crippen LogP contribution in [0.3, 0.4) is 0 Å². The Morgan fingerprint density at radius 3 is 2.74 bits per heavy atom. The van der Waals surface area contributed by atoms with E-state index in [-0.39, 0.29) is 0 Å². The SMILES string of the molecule is CCCNCc1cc(Cl)cc(Cl)c1OC(C)C(=O)O. The van der Waals surface area contributed by atoms with Gasteiger partial charge in [0.1, 0.15) is 5.75 Å². The molecule has 1 unspecified atom stereocenters. The predicted octanol–water partition coefficient (Wildman–Crippen LogP) is 3.34. The first-order valence-electron chi connectivity index (χ1n) is 6.03. The van der Waals surface area contributed by atoms with Gasteiger partial charge in [-0.1, -0.05) is 30.1 Å². The normalized spacial score (nSPS) is 12.2. The fourth-order valence-electron chi connectivity index (χ4n) is 1.50. The van der Waals surface area contributed by atoms with Gasteiger partial charge in [-0.05, 0) is 32.0 Å². The summed E-state index contributed by atoms with van der Waals surface area (Å²) in [5, 5.41) is 12.9. The highest BCUT2D eigenvalue weighted by Crippen LogP contribution is 2.33. The van der Waals surface area contributed by atoms with Crippen molar-refractivity contribution in [3.63, 3.8) is 0 Å². The first-order valence-corrected chi connectivity index (χ1v) is 6.79. The molecule has 0 aliphatic heterocycles. The summed E-state index contributed by atoms with van der Waals surface area (Å²) in [5.74, 6) is -0.678. The molecule has 0 aliphatic carbocycles. The van der Waals surface area contributed by atoms with Crippen LogP contribution in [0.2, 0.25) is 10.0 Å². The number of aliphatic carboxylic acids is 1. The van der Waals surface area contributed by atoms with Crippen molar-refractivity contribution in [2.75, 3.05) is 6.54 Å². The summed E-state index contributed by atoms with van der Waals surface area (Å²) in [6.45, 7) is 4.88. The van der Waals surface area contributed by atoms with E-state index in [0.29, 0.717) is 22.3 Å². The number of halogens is 2. The highest BCUT2D eigenvalue weighted by Gasteiger charge is 2.18. The summed E-state index contributed by atoms with van der Waals surface area (Å²) in [5.41, 5.74) is 0.749. The van der Waals surface area contributed by atoms with E-state index in [1.165, 1.54) is 13.0 Å². The van der Waals surface area contributed by atoms with E-state index in [9.17, 15) is 4.79 Å². The Hall–Kier alpha value is -0.970.